The largest absolute Gasteiger partial charge is 0.490 e. The SMILES string of the molecule is CCOc1cc(/C=C2\SC(=O)N(Cc3ccccc3C)C2=O)ccc1OCC(=O)Nc1ccc(Cl)cc1. The summed E-state index contributed by atoms with van der Waals surface area (Å²) in [5, 5.41) is 3.00. The lowest BCUT2D eigenvalue weighted by Crippen LogP contribution is -2.27. The second kappa shape index (κ2) is 12.0. The highest BCUT2D eigenvalue weighted by molar-refractivity contribution is 8.18. The zero-order valence-corrected chi connectivity index (χ0v) is 21.9. The van der Waals surface area contributed by atoms with E-state index in [1.54, 1.807) is 48.5 Å². The summed E-state index contributed by atoms with van der Waals surface area (Å²) < 4.78 is 11.4. The molecular formula is C28H25ClN2O5S. The number of ether oxygens (including phenoxy) is 2. The summed E-state index contributed by atoms with van der Waals surface area (Å²) in [7, 11) is 0. The first-order valence-electron chi connectivity index (χ1n) is 11.6. The van der Waals surface area contributed by atoms with Crippen LogP contribution in [-0.4, -0.2) is 35.2 Å². The van der Waals surface area contributed by atoms with Gasteiger partial charge in [0.15, 0.2) is 18.1 Å². The average molecular weight is 537 g/mol. The Bertz CT molecular complexity index is 1360. The van der Waals surface area contributed by atoms with Crippen molar-refractivity contribution in [1.82, 2.24) is 4.90 Å². The Labute approximate surface area is 224 Å². The Morgan fingerprint density at radius 3 is 2.51 bits per heavy atom. The van der Waals surface area contributed by atoms with Gasteiger partial charge in [-0.2, -0.15) is 0 Å². The van der Waals surface area contributed by atoms with Crippen molar-refractivity contribution < 1.29 is 23.9 Å². The fourth-order valence-corrected chi connectivity index (χ4v) is 4.59. The third-order valence-electron chi connectivity index (χ3n) is 5.52. The van der Waals surface area contributed by atoms with Crippen LogP contribution in [0.1, 0.15) is 23.6 Å². The van der Waals surface area contributed by atoms with E-state index in [2.05, 4.69) is 5.32 Å². The van der Waals surface area contributed by atoms with Crippen molar-refractivity contribution in [2.24, 2.45) is 0 Å². The number of hydrogen-bond donors (Lipinski definition) is 1. The molecule has 0 atom stereocenters. The summed E-state index contributed by atoms with van der Waals surface area (Å²) in [6, 6.07) is 19.5. The summed E-state index contributed by atoms with van der Waals surface area (Å²) in [6.07, 6.45) is 1.66. The van der Waals surface area contributed by atoms with Crippen LogP contribution < -0.4 is 14.8 Å². The third kappa shape index (κ3) is 6.72. The van der Waals surface area contributed by atoms with Crippen LogP contribution >= 0.6 is 23.4 Å². The van der Waals surface area contributed by atoms with Gasteiger partial charge in [0.2, 0.25) is 0 Å². The average Bonchev–Trinajstić information content (AvgIpc) is 3.13. The van der Waals surface area contributed by atoms with Crippen LogP contribution in [0.4, 0.5) is 10.5 Å². The Balaban J connectivity index is 1.44. The zero-order valence-electron chi connectivity index (χ0n) is 20.3. The molecule has 1 heterocycles. The highest BCUT2D eigenvalue weighted by Crippen LogP contribution is 2.35. The van der Waals surface area contributed by atoms with Gasteiger partial charge in [0.25, 0.3) is 17.1 Å². The van der Waals surface area contributed by atoms with E-state index in [0.717, 1.165) is 22.9 Å². The molecule has 0 saturated carbocycles. The molecule has 0 unspecified atom stereocenters. The Kier molecular flexibility index (Phi) is 8.53. The number of anilines is 1. The van der Waals surface area contributed by atoms with E-state index in [4.69, 9.17) is 21.1 Å². The molecule has 1 saturated heterocycles. The number of nitrogens with zero attached hydrogens (tertiary/aromatic N) is 1. The summed E-state index contributed by atoms with van der Waals surface area (Å²) in [5.74, 6) is 0.138. The first kappa shape index (κ1) is 26.3. The molecule has 0 bridgehead atoms. The van der Waals surface area contributed by atoms with Crippen molar-refractivity contribution in [2.45, 2.75) is 20.4 Å². The number of benzene rings is 3. The Morgan fingerprint density at radius 2 is 1.78 bits per heavy atom. The monoisotopic (exact) mass is 536 g/mol. The van der Waals surface area contributed by atoms with Crippen LogP contribution in [0.2, 0.25) is 5.02 Å². The standard InChI is InChI=1S/C28H25ClN2O5S/c1-3-35-24-14-19(8-13-23(24)36-17-26(32)30-22-11-9-21(29)10-12-22)15-25-27(33)31(28(34)37-25)16-20-7-5-4-6-18(20)2/h4-15H,3,16-17H2,1-2H3,(H,30,32)/b25-15-. The van der Waals surface area contributed by atoms with Gasteiger partial charge in [-0.25, -0.2) is 0 Å². The van der Waals surface area contributed by atoms with Crippen LogP contribution in [0.15, 0.2) is 71.6 Å². The number of aryl methyl sites for hydroxylation is 1. The fraction of sp³-hybridized carbons (Fsp3) is 0.179. The van der Waals surface area contributed by atoms with E-state index in [0.29, 0.717) is 39.3 Å². The number of nitrogens with one attached hydrogen (secondary N) is 1. The quantitative estimate of drug-likeness (QED) is 0.323. The molecular weight excluding hydrogens is 512 g/mol. The lowest BCUT2D eigenvalue weighted by molar-refractivity contribution is -0.123. The van der Waals surface area contributed by atoms with Gasteiger partial charge < -0.3 is 14.8 Å². The molecule has 1 aliphatic rings. The third-order valence-corrected chi connectivity index (χ3v) is 6.67. The van der Waals surface area contributed by atoms with E-state index in [-0.39, 0.29) is 30.2 Å². The zero-order chi connectivity index (χ0) is 26.4. The lowest BCUT2D eigenvalue weighted by Gasteiger charge is -2.14. The van der Waals surface area contributed by atoms with Gasteiger partial charge in [0.1, 0.15) is 0 Å². The summed E-state index contributed by atoms with van der Waals surface area (Å²) in [6.45, 7) is 4.17. The molecule has 4 rings (SSSR count). The predicted molar refractivity (Wildman–Crippen MR) is 146 cm³/mol. The van der Waals surface area contributed by atoms with Crippen LogP contribution in [0.3, 0.4) is 0 Å². The van der Waals surface area contributed by atoms with Gasteiger partial charge in [-0.3, -0.25) is 19.3 Å². The minimum atomic E-state index is -0.338. The molecule has 9 heteroatoms. The Hall–Kier alpha value is -3.75. The maximum Gasteiger partial charge on any atom is 0.293 e. The van der Waals surface area contributed by atoms with E-state index in [9.17, 15) is 14.4 Å². The molecule has 3 amide bonds. The van der Waals surface area contributed by atoms with Crippen molar-refractivity contribution in [3.8, 4) is 11.5 Å². The maximum atomic E-state index is 13.0. The number of rotatable bonds is 9. The molecule has 1 fully saturated rings. The summed E-state index contributed by atoms with van der Waals surface area (Å²) >= 11 is 6.78. The molecule has 1 N–H and O–H groups in total. The van der Waals surface area contributed by atoms with Crippen molar-refractivity contribution in [2.75, 3.05) is 18.5 Å². The van der Waals surface area contributed by atoms with Crippen LogP contribution in [0.25, 0.3) is 6.08 Å². The van der Waals surface area contributed by atoms with Gasteiger partial charge in [-0.1, -0.05) is 41.9 Å². The van der Waals surface area contributed by atoms with E-state index in [1.165, 1.54) is 4.90 Å². The van der Waals surface area contributed by atoms with Crippen molar-refractivity contribution in [1.29, 1.82) is 0 Å². The number of imide groups is 1. The smallest absolute Gasteiger partial charge is 0.293 e. The number of carbonyl (C=O) groups is 3. The molecule has 0 radical (unpaired) electrons. The number of thioether (sulfide) groups is 1. The molecule has 3 aromatic rings. The Morgan fingerprint density at radius 1 is 1.03 bits per heavy atom. The predicted octanol–water partition coefficient (Wildman–Crippen LogP) is 6.30. The van der Waals surface area contributed by atoms with Crippen LogP contribution in [0, 0.1) is 6.92 Å². The second-order valence-corrected chi connectivity index (χ2v) is 9.61. The highest BCUT2D eigenvalue weighted by atomic mass is 35.5. The molecule has 190 valence electrons. The maximum absolute atomic E-state index is 13.0. The van der Waals surface area contributed by atoms with Crippen LogP contribution in [-0.2, 0) is 16.1 Å². The minimum Gasteiger partial charge on any atom is -0.490 e. The molecule has 7 nitrogen and oxygen atoms in total. The number of halogens is 1. The van der Waals surface area contributed by atoms with E-state index < -0.39 is 0 Å². The van der Waals surface area contributed by atoms with E-state index in [1.807, 2.05) is 38.1 Å². The van der Waals surface area contributed by atoms with Gasteiger partial charge >= 0.3 is 0 Å². The molecule has 1 aliphatic heterocycles. The molecule has 0 aliphatic carbocycles. The normalized spacial score (nSPS) is 14.2. The topological polar surface area (TPSA) is 84.9 Å². The highest BCUT2D eigenvalue weighted by Gasteiger charge is 2.35. The lowest BCUT2D eigenvalue weighted by atomic mass is 10.1. The number of carbonyl (C=O) groups excluding carboxylic acids is 3. The number of amides is 3. The van der Waals surface area contributed by atoms with Crippen molar-refractivity contribution in [3.05, 3.63) is 93.3 Å². The molecule has 37 heavy (non-hydrogen) atoms. The van der Waals surface area contributed by atoms with Gasteiger partial charge in [-0.05, 0) is 84.8 Å². The first-order chi connectivity index (χ1) is 17.8. The van der Waals surface area contributed by atoms with Crippen LogP contribution in [0.5, 0.6) is 11.5 Å². The first-order valence-corrected chi connectivity index (χ1v) is 12.8. The fourth-order valence-electron chi connectivity index (χ4n) is 3.62. The summed E-state index contributed by atoms with van der Waals surface area (Å²) in [5.41, 5.74) is 3.22. The van der Waals surface area contributed by atoms with Gasteiger partial charge in [0.05, 0.1) is 18.1 Å². The molecule has 3 aromatic carbocycles. The summed E-state index contributed by atoms with van der Waals surface area (Å²) in [4.78, 5) is 39.4. The molecule has 0 aromatic heterocycles. The van der Waals surface area contributed by atoms with Crippen molar-refractivity contribution >= 4 is 52.2 Å². The van der Waals surface area contributed by atoms with Crippen molar-refractivity contribution in [3.63, 3.8) is 0 Å². The van der Waals surface area contributed by atoms with Gasteiger partial charge in [0, 0.05) is 10.7 Å². The molecule has 0 spiro atoms. The van der Waals surface area contributed by atoms with Gasteiger partial charge in [-0.15, -0.1) is 0 Å². The second-order valence-electron chi connectivity index (χ2n) is 8.18. The van der Waals surface area contributed by atoms with E-state index >= 15 is 0 Å². The number of hydrogen-bond acceptors (Lipinski definition) is 6. The minimum absolute atomic E-state index is 0.222.